The van der Waals surface area contributed by atoms with Crippen LogP contribution in [0.2, 0.25) is 0 Å². The maximum Gasteiger partial charge on any atom is 0.262 e. The molecule has 7 nitrogen and oxygen atoms in total. The van der Waals surface area contributed by atoms with Gasteiger partial charge in [-0.1, -0.05) is 18.2 Å². The van der Waals surface area contributed by atoms with E-state index in [0.717, 1.165) is 26.2 Å². The number of hydrogen-bond donors (Lipinski definition) is 3. The number of H-pyrrole nitrogens is 1. The molecule has 7 heteroatoms. The van der Waals surface area contributed by atoms with E-state index < -0.39 is 0 Å². The molecule has 0 saturated carbocycles. The van der Waals surface area contributed by atoms with Gasteiger partial charge in [0.15, 0.2) is 0 Å². The van der Waals surface area contributed by atoms with Crippen molar-refractivity contribution in [3.05, 3.63) is 34.6 Å². The lowest BCUT2D eigenvalue weighted by Gasteiger charge is -2.28. The van der Waals surface area contributed by atoms with E-state index in [1.54, 1.807) is 19.2 Å². The number of nitrogens with one attached hydrogen (secondary N) is 2. The summed E-state index contributed by atoms with van der Waals surface area (Å²) in [5.74, 6) is 1.32. The van der Waals surface area contributed by atoms with E-state index in [1.165, 1.54) is 0 Å². The Kier molecular flexibility index (Phi) is 3.97. The summed E-state index contributed by atoms with van der Waals surface area (Å²) >= 11 is 0. The van der Waals surface area contributed by atoms with Crippen LogP contribution in [0.25, 0.3) is 11.1 Å². The topological polar surface area (TPSA) is 96.3 Å². The van der Waals surface area contributed by atoms with E-state index in [1.807, 2.05) is 17.0 Å². The number of nitrogen functional groups attached to an aromatic ring is 1. The van der Waals surface area contributed by atoms with Crippen molar-refractivity contribution in [2.45, 2.75) is 0 Å². The van der Waals surface area contributed by atoms with Crippen LogP contribution in [0.5, 0.6) is 5.75 Å². The molecule has 1 aromatic carbocycles. The minimum absolute atomic E-state index is 0.210. The largest absolute Gasteiger partial charge is 0.496 e. The van der Waals surface area contributed by atoms with Crippen molar-refractivity contribution in [3.63, 3.8) is 0 Å². The summed E-state index contributed by atoms with van der Waals surface area (Å²) < 4.78 is 5.30. The first-order valence-electron chi connectivity index (χ1n) is 7.19. The number of ether oxygens (including phenoxy) is 1. The predicted molar refractivity (Wildman–Crippen MR) is 86.3 cm³/mol. The summed E-state index contributed by atoms with van der Waals surface area (Å²) in [4.78, 5) is 21.7. The number of rotatable bonds is 3. The molecular weight excluding hydrogens is 282 g/mol. The molecule has 0 aliphatic carbocycles. The van der Waals surface area contributed by atoms with Crippen LogP contribution in [0.15, 0.2) is 29.1 Å². The van der Waals surface area contributed by atoms with Crippen molar-refractivity contribution in [3.8, 4) is 16.9 Å². The summed E-state index contributed by atoms with van der Waals surface area (Å²) in [7, 11) is 1.56. The molecule has 1 aliphatic rings. The van der Waals surface area contributed by atoms with Crippen molar-refractivity contribution < 1.29 is 4.74 Å². The molecule has 1 fully saturated rings. The van der Waals surface area contributed by atoms with Gasteiger partial charge in [0.1, 0.15) is 11.6 Å². The van der Waals surface area contributed by atoms with Crippen LogP contribution in [0.4, 0.5) is 11.8 Å². The second kappa shape index (κ2) is 6.07. The Morgan fingerprint density at radius 2 is 2.00 bits per heavy atom. The van der Waals surface area contributed by atoms with Gasteiger partial charge in [-0.15, -0.1) is 0 Å². The molecule has 0 amide bonds. The zero-order chi connectivity index (χ0) is 15.5. The van der Waals surface area contributed by atoms with Crippen molar-refractivity contribution in [2.24, 2.45) is 0 Å². The molecular formula is C15H19N5O2. The third-order valence-corrected chi connectivity index (χ3v) is 3.73. The molecule has 3 rings (SSSR count). The van der Waals surface area contributed by atoms with E-state index in [2.05, 4.69) is 15.3 Å². The first-order chi connectivity index (χ1) is 10.7. The Morgan fingerprint density at radius 3 is 2.68 bits per heavy atom. The first-order valence-corrected chi connectivity index (χ1v) is 7.19. The number of methoxy groups -OCH3 is 1. The Morgan fingerprint density at radius 1 is 1.27 bits per heavy atom. The number of aromatic amines is 1. The molecule has 1 aromatic heterocycles. The fraction of sp³-hybridized carbons (Fsp3) is 0.333. The number of nitrogens with zero attached hydrogens (tertiary/aromatic N) is 2. The molecule has 0 bridgehead atoms. The number of aromatic nitrogens is 2. The average Bonchev–Trinajstić information content (AvgIpc) is 2.55. The maximum absolute atomic E-state index is 12.5. The van der Waals surface area contributed by atoms with Gasteiger partial charge in [0.2, 0.25) is 5.95 Å². The number of nitrogens with two attached hydrogens (primary N) is 1. The van der Waals surface area contributed by atoms with Crippen molar-refractivity contribution in [1.29, 1.82) is 0 Å². The van der Waals surface area contributed by atoms with Gasteiger partial charge in [-0.05, 0) is 6.07 Å². The van der Waals surface area contributed by atoms with Gasteiger partial charge >= 0.3 is 0 Å². The summed E-state index contributed by atoms with van der Waals surface area (Å²) in [6, 6.07) is 7.26. The Hall–Kier alpha value is -2.54. The lowest BCUT2D eigenvalue weighted by Crippen LogP contribution is -2.44. The van der Waals surface area contributed by atoms with Crippen LogP contribution in [-0.2, 0) is 0 Å². The zero-order valence-corrected chi connectivity index (χ0v) is 12.4. The molecule has 0 spiro atoms. The normalized spacial score (nSPS) is 14.9. The van der Waals surface area contributed by atoms with E-state index in [-0.39, 0.29) is 11.4 Å². The monoisotopic (exact) mass is 301 g/mol. The summed E-state index contributed by atoms with van der Waals surface area (Å²) in [5, 5.41) is 3.26. The third-order valence-electron chi connectivity index (χ3n) is 3.73. The minimum atomic E-state index is -0.259. The van der Waals surface area contributed by atoms with Crippen LogP contribution >= 0.6 is 0 Å². The fourth-order valence-electron chi connectivity index (χ4n) is 2.62. The number of benzene rings is 1. The standard InChI is InChI=1S/C15H19N5O2/c1-22-11-5-3-2-4-10(11)12-13(16)18-15(19-14(12)21)20-8-6-17-7-9-20/h2-5,17H,6-9H2,1H3,(H3,16,18,19,21). The van der Waals surface area contributed by atoms with Gasteiger partial charge in [-0.2, -0.15) is 4.98 Å². The van der Waals surface area contributed by atoms with Crippen LogP contribution in [-0.4, -0.2) is 43.3 Å². The molecule has 116 valence electrons. The molecule has 22 heavy (non-hydrogen) atoms. The average molecular weight is 301 g/mol. The van der Waals surface area contributed by atoms with Gasteiger partial charge in [0.25, 0.3) is 5.56 Å². The van der Waals surface area contributed by atoms with E-state index >= 15 is 0 Å². The molecule has 0 unspecified atom stereocenters. The minimum Gasteiger partial charge on any atom is -0.496 e. The number of hydrogen-bond acceptors (Lipinski definition) is 6. The summed E-state index contributed by atoms with van der Waals surface area (Å²) in [6.07, 6.45) is 0. The second-order valence-electron chi connectivity index (χ2n) is 5.09. The van der Waals surface area contributed by atoms with E-state index in [4.69, 9.17) is 10.5 Å². The Balaban J connectivity index is 2.05. The second-order valence-corrected chi connectivity index (χ2v) is 5.09. The van der Waals surface area contributed by atoms with Crippen LogP contribution in [0.3, 0.4) is 0 Å². The molecule has 1 aliphatic heterocycles. The van der Waals surface area contributed by atoms with Crippen LogP contribution in [0, 0.1) is 0 Å². The molecule has 1 saturated heterocycles. The summed E-state index contributed by atoms with van der Waals surface area (Å²) in [6.45, 7) is 3.29. The van der Waals surface area contributed by atoms with Crippen LogP contribution < -0.4 is 26.2 Å². The van der Waals surface area contributed by atoms with Gasteiger partial charge in [0, 0.05) is 31.7 Å². The first kappa shape index (κ1) is 14.4. The quantitative estimate of drug-likeness (QED) is 0.761. The van der Waals surface area contributed by atoms with Gasteiger partial charge in [-0.25, -0.2) is 0 Å². The van der Waals surface area contributed by atoms with Crippen molar-refractivity contribution in [2.75, 3.05) is 43.9 Å². The van der Waals surface area contributed by atoms with E-state index in [9.17, 15) is 4.79 Å². The summed E-state index contributed by atoms with van der Waals surface area (Å²) in [5.41, 5.74) is 6.78. The van der Waals surface area contributed by atoms with Gasteiger partial charge in [-0.3, -0.25) is 9.78 Å². The van der Waals surface area contributed by atoms with Crippen molar-refractivity contribution in [1.82, 2.24) is 15.3 Å². The van der Waals surface area contributed by atoms with Crippen LogP contribution in [0.1, 0.15) is 0 Å². The third kappa shape index (κ3) is 2.62. The molecule has 0 atom stereocenters. The lowest BCUT2D eigenvalue weighted by atomic mass is 10.1. The number of anilines is 2. The predicted octanol–water partition coefficient (Wildman–Crippen LogP) is 0.437. The highest BCUT2D eigenvalue weighted by molar-refractivity contribution is 5.78. The van der Waals surface area contributed by atoms with Gasteiger partial charge in [0.05, 0.1) is 12.7 Å². The molecule has 0 radical (unpaired) electrons. The highest BCUT2D eigenvalue weighted by Crippen LogP contribution is 2.30. The SMILES string of the molecule is COc1ccccc1-c1c(N)nc(N2CCNCC2)[nH]c1=O. The van der Waals surface area contributed by atoms with Crippen molar-refractivity contribution >= 4 is 11.8 Å². The maximum atomic E-state index is 12.5. The molecule has 2 heterocycles. The molecule has 2 aromatic rings. The highest BCUT2D eigenvalue weighted by Gasteiger charge is 2.18. The highest BCUT2D eigenvalue weighted by atomic mass is 16.5. The van der Waals surface area contributed by atoms with Gasteiger partial charge < -0.3 is 20.7 Å². The number of para-hydroxylation sites is 1. The smallest absolute Gasteiger partial charge is 0.262 e. The van der Waals surface area contributed by atoms with E-state index in [0.29, 0.717) is 22.8 Å². The zero-order valence-electron chi connectivity index (χ0n) is 12.4. The fourth-order valence-corrected chi connectivity index (χ4v) is 2.62. The number of piperazine rings is 1. The molecule has 4 N–H and O–H groups in total. The Bertz CT molecular complexity index is 722. The Labute approximate surface area is 128 Å². The lowest BCUT2D eigenvalue weighted by molar-refractivity contribution is 0.416.